The van der Waals surface area contributed by atoms with Crippen LogP contribution in [-0.2, 0) is 0 Å². The second-order valence-electron chi connectivity index (χ2n) is 7.18. The highest BCUT2D eigenvalue weighted by Gasteiger charge is 2.27. The Morgan fingerprint density at radius 1 is 1.24 bits per heavy atom. The molecule has 0 amide bonds. The summed E-state index contributed by atoms with van der Waals surface area (Å²) in [5, 5.41) is 10.2. The third kappa shape index (κ3) is 4.50. The summed E-state index contributed by atoms with van der Waals surface area (Å²) < 4.78 is 0. The minimum Gasteiger partial charge on any atom is -0.391 e. The zero-order valence-corrected chi connectivity index (χ0v) is 13.8. The van der Waals surface area contributed by atoms with Crippen molar-refractivity contribution in [3.8, 4) is 0 Å². The van der Waals surface area contributed by atoms with Crippen LogP contribution in [0.4, 0.5) is 0 Å². The number of piperazine rings is 1. The van der Waals surface area contributed by atoms with E-state index in [0.717, 1.165) is 32.7 Å². The van der Waals surface area contributed by atoms with Crippen LogP contribution < -0.4 is 0 Å². The molecule has 0 saturated carbocycles. The molecule has 4 nitrogen and oxygen atoms in total. The molecular weight excluding hydrogens is 262 g/mol. The van der Waals surface area contributed by atoms with Crippen molar-refractivity contribution < 1.29 is 5.11 Å². The number of aliphatic hydroxyl groups excluding tert-OH is 1. The molecule has 1 saturated heterocycles. The van der Waals surface area contributed by atoms with Crippen molar-refractivity contribution in [3.63, 3.8) is 0 Å². The summed E-state index contributed by atoms with van der Waals surface area (Å²) in [4.78, 5) is 9.09. The Kier molecular flexibility index (Phi) is 5.36. The maximum atomic E-state index is 10.2. The molecule has 4 heteroatoms. The van der Waals surface area contributed by atoms with E-state index in [1.165, 1.54) is 5.56 Å². The molecule has 1 aromatic heterocycles. The maximum Gasteiger partial charge on any atom is 0.0715 e. The summed E-state index contributed by atoms with van der Waals surface area (Å²) in [5.74, 6) is 0. The lowest BCUT2D eigenvalue weighted by Crippen LogP contribution is -2.50. The average Bonchev–Trinajstić information content (AvgIpc) is 2.47. The standard InChI is InChI=1S/C17H29N3O/c1-14(15-6-5-7-18-12-15)20-10-8-19(9-11-20)13-16(21)17(2,3)4/h5-7,12,14,16,21H,8-11,13H2,1-4H3/t14-,16-/m1/s1. The van der Waals surface area contributed by atoms with Crippen molar-refractivity contribution >= 4 is 0 Å². The molecule has 0 bridgehead atoms. The highest BCUT2D eigenvalue weighted by molar-refractivity contribution is 5.13. The number of hydrogen-bond acceptors (Lipinski definition) is 4. The van der Waals surface area contributed by atoms with Gasteiger partial charge in [-0.15, -0.1) is 0 Å². The van der Waals surface area contributed by atoms with Gasteiger partial charge in [-0.1, -0.05) is 26.8 Å². The van der Waals surface area contributed by atoms with Crippen LogP contribution >= 0.6 is 0 Å². The van der Waals surface area contributed by atoms with Gasteiger partial charge in [0.15, 0.2) is 0 Å². The molecule has 0 radical (unpaired) electrons. The van der Waals surface area contributed by atoms with E-state index in [0.29, 0.717) is 6.04 Å². The van der Waals surface area contributed by atoms with Crippen molar-refractivity contribution in [2.45, 2.75) is 39.8 Å². The smallest absolute Gasteiger partial charge is 0.0715 e. The van der Waals surface area contributed by atoms with Gasteiger partial charge in [0.1, 0.15) is 0 Å². The van der Waals surface area contributed by atoms with E-state index in [1.807, 2.05) is 18.5 Å². The average molecular weight is 291 g/mol. The van der Waals surface area contributed by atoms with E-state index in [4.69, 9.17) is 0 Å². The van der Waals surface area contributed by atoms with E-state index in [9.17, 15) is 5.11 Å². The number of β-amino-alcohol motifs (C(OH)–C–C–N with tert-alkyl or cyclic N) is 1. The van der Waals surface area contributed by atoms with E-state index in [1.54, 1.807) is 0 Å². The molecule has 2 rings (SSSR count). The van der Waals surface area contributed by atoms with Gasteiger partial charge in [-0.2, -0.15) is 0 Å². The van der Waals surface area contributed by atoms with Crippen LogP contribution in [0.5, 0.6) is 0 Å². The predicted octanol–water partition coefficient (Wildman–Crippen LogP) is 2.17. The fraction of sp³-hybridized carbons (Fsp3) is 0.706. The lowest BCUT2D eigenvalue weighted by Gasteiger charge is -2.40. The Hall–Kier alpha value is -0.970. The quantitative estimate of drug-likeness (QED) is 0.923. The van der Waals surface area contributed by atoms with Crippen LogP contribution in [0.1, 0.15) is 39.3 Å². The summed E-state index contributed by atoms with van der Waals surface area (Å²) in [6.45, 7) is 13.5. The first-order valence-electron chi connectivity index (χ1n) is 7.92. The van der Waals surface area contributed by atoms with E-state index in [-0.39, 0.29) is 11.5 Å². The van der Waals surface area contributed by atoms with Gasteiger partial charge < -0.3 is 5.11 Å². The van der Waals surface area contributed by atoms with Gasteiger partial charge in [-0.25, -0.2) is 0 Å². The third-order valence-corrected chi connectivity index (χ3v) is 4.55. The topological polar surface area (TPSA) is 39.6 Å². The fourth-order valence-electron chi connectivity index (χ4n) is 2.69. The molecule has 1 N–H and O–H groups in total. The van der Waals surface area contributed by atoms with Crippen LogP contribution in [0.2, 0.25) is 0 Å². The molecule has 1 aliphatic rings. The van der Waals surface area contributed by atoms with Gasteiger partial charge in [-0.3, -0.25) is 14.8 Å². The van der Waals surface area contributed by atoms with Crippen LogP contribution in [0.15, 0.2) is 24.5 Å². The molecule has 0 aromatic carbocycles. The van der Waals surface area contributed by atoms with E-state index < -0.39 is 0 Å². The molecule has 0 aliphatic carbocycles. The molecule has 118 valence electrons. The zero-order chi connectivity index (χ0) is 15.5. The van der Waals surface area contributed by atoms with E-state index in [2.05, 4.69) is 48.5 Å². The lowest BCUT2D eigenvalue weighted by molar-refractivity contribution is 0.00867. The van der Waals surface area contributed by atoms with Crippen LogP contribution in [0.3, 0.4) is 0 Å². The minimum atomic E-state index is -0.264. The molecular formula is C17H29N3O. The predicted molar refractivity (Wildman–Crippen MR) is 86.1 cm³/mol. The number of rotatable bonds is 4. The second kappa shape index (κ2) is 6.86. The summed E-state index contributed by atoms with van der Waals surface area (Å²) in [6.07, 6.45) is 3.52. The number of hydrogen-bond donors (Lipinski definition) is 1. The number of pyridine rings is 1. The monoisotopic (exact) mass is 291 g/mol. The Bertz CT molecular complexity index is 421. The summed E-state index contributed by atoms with van der Waals surface area (Å²) in [6, 6.07) is 4.56. The van der Waals surface area contributed by atoms with Gasteiger partial charge >= 0.3 is 0 Å². The van der Waals surface area contributed by atoms with Gasteiger partial charge in [0.25, 0.3) is 0 Å². The lowest BCUT2D eigenvalue weighted by atomic mass is 9.89. The highest BCUT2D eigenvalue weighted by atomic mass is 16.3. The van der Waals surface area contributed by atoms with E-state index >= 15 is 0 Å². The number of aliphatic hydroxyl groups is 1. The molecule has 1 aromatic rings. The normalized spacial score (nSPS) is 21.2. The Balaban J connectivity index is 1.83. The Labute approximate surface area is 128 Å². The van der Waals surface area contributed by atoms with Gasteiger partial charge in [0.05, 0.1) is 6.10 Å². The maximum absolute atomic E-state index is 10.2. The third-order valence-electron chi connectivity index (χ3n) is 4.55. The summed E-state index contributed by atoms with van der Waals surface area (Å²) >= 11 is 0. The van der Waals surface area contributed by atoms with Crippen LogP contribution in [0, 0.1) is 5.41 Å². The second-order valence-corrected chi connectivity index (χ2v) is 7.18. The Morgan fingerprint density at radius 3 is 2.43 bits per heavy atom. The van der Waals surface area contributed by atoms with Gasteiger partial charge in [0, 0.05) is 51.2 Å². The first-order valence-corrected chi connectivity index (χ1v) is 7.92. The molecule has 0 unspecified atom stereocenters. The molecule has 1 fully saturated rings. The molecule has 21 heavy (non-hydrogen) atoms. The van der Waals surface area contributed by atoms with Crippen molar-refractivity contribution in [2.75, 3.05) is 32.7 Å². The largest absolute Gasteiger partial charge is 0.391 e. The summed E-state index contributed by atoms with van der Waals surface area (Å²) in [5.41, 5.74) is 1.24. The minimum absolute atomic E-state index is 0.0415. The molecule has 0 spiro atoms. The Morgan fingerprint density at radius 2 is 1.90 bits per heavy atom. The molecule has 2 heterocycles. The van der Waals surface area contributed by atoms with Gasteiger partial charge in [-0.05, 0) is 24.0 Å². The highest BCUT2D eigenvalue weighted by Crippen LogP contribution is 2.23. The first kappa shape index (κ1) is 16.4. The van der Waals surface area contributed by atoms with Crippen LogP contribution in [-0.4, -0.2) is 58.7 Å². The number of nitrogens with zero attached hydrogens (tertiary/aromatic N) is 3. The SMILES string of the molecule is C[C@H](c1cccnc1)N1CCN(C[C@@H](O)C(C)(C)C)CC1. The number of aromatic nitrogens is 1. The van der Waals surface area contributed by atoms with Crippen LogP contribution in [0.25, 0.3) is 0 Å². The summed E-state index contributed by atoms with van der Waals surface area (Å²) in [7, 11) is 0. The van der Waals surface area contributed by atoms with Crippen molar-refractivity contribution in [2.24, 2.45) is 5.41 Å². The van der Waals surface area contributed by atoms with Crippen molar-refractivity contribution in [3.05, 3.63) is 30.1 Å². The van der Waals surface area contributed by atoms with Crippen molar-refractivity contribution in [1.82, 2.24) is 14.8 Å². The van der Waals surface area contributed by atoms with Crippen molar-refractivity contribution in [1.29, 1.82) is 0 Å². The molecule has 1 aliphatic heterocycles. The first-order chi connectivity index (χ1) is 9.88. The fourth-order valence-corrected chi connectivity index (χ4v) is 2.69. The van der Waals surface area contributed by atoms with Gasteiger partial charge in [0.2, 0.25) is 0 Å². The molecule has 2 atom stereocenters. The zero-order valence-electron chi connectivity index (χ0n) is 13.8.